The van der Waals surface area contributed by atoms with Gasteiger partial charge in [0.15, 0.2) is 0 Å². The van der Waals surface area contributed by atoms with Crippen LogP contribution >= 0.6 is 15.9 Å². The summed E-state index contributed by atoms with van der Waals surface area (Å²) < 4.78 is 6.70. The molecule has 3 rings (SSSR count). The highest BCUT2D eigenvalue weighted by Gasteiger charge is 2.23. The smallest absolute Gasteiger partial charge is 0.216 e. The number of aryl methyl sites for hydroxylation is 1. The largest absolute Gasteiger partial charge is 0.477 e. The van der Waals surface area contributed by atoms with Crippen LogP contribution in [0.1, 0.15) is 24.0 Å². The second-order valence-electron chi connectivity index (χ2n) is 6.00. The molecule has 1 aliphatic heterocycles. The van der Waals surface area contributed by atoms with Gasteiger partial charge in [-0.25, -0.2) is 9.97 Å². The van der Waals surface area contributed by atoms with Crippen molar-refractivity contribution in [1.82, 2.24) is 9.97 Å². The standard InChI is InChI=1S/C18H19BrN4O/c1-13-3-2-6-21-18(13)24-12-14-4-7-23(8-5-14)17-15(10-20)9-16(19)11-22-17/h2-3,6,9,11,14H,4-5,7-8,12H2,1H3. The van der Waals surface area contributed by atoms with Gasteiger partial charge in [0.25, 0.3) is 0 Å². The third-order valence-corrected chi connectivity index (χ3v) is 4.72. The predicted octanol–water partition coefficient (Wildman–Crippen LogP) is 3.71. The summed E-state index contributed by atoms with van der Waals surface area (Å²) in [6, 6.07) is 7.97. The van der Waals surface area contributed by atoms with E-state index in [9.17, 15) is 5.26 Å². The van der Waals surface area contributed by atoms with Crippen molar-refractivity contribution >= 4 is 21.7 Å². The molecule has 0 amide bonds. The molecule has 0 saturated carbocycles. The summed E-state index contributed by atoms with van der Waals surface area (Å²) in [7, 11) is 0. The second-order valence-corrected chi connectivity index (χ2v) is 6.92. The molecular weight excluding hydrogens is 368 g/mol. The van der Waals surface area contributed by atoms with E-state index in [0.717, 1.165) is 47.7 Å². The molecule has 0 aliphatic carbocycles. The van der Waals surface area contributed by atoms with Crippen LogP contribution in [0.25, 0.3) is 0 Å². The van der Waals surface area contributed by atoms with E-state index < -0.39 is 0 Å². The van der Waals surface area contributed by atoms with E-state index in [0.29, 0.717) is 18.1 Å². The van der Waals surface area contributed by atoms with Crippen molar-refractivity contribution in [1.29, 1.82) is 5.26 Å². The Morgan fingerprint density at radius 3 is 2.88 bits per heavy atom. The summed E-state index contributed by atoms with van der Waals surface area (Å²) in [4.78, 5) is 10.9. The average Bonchev–Trinajstić information content (AvgIpc) is 2.61. The van der Waals surface area contributed by atoms with Gasteiger partial charge in [-0.05, 0) is 53.7 Å². The molecular formula is C18H19BrN4O. The van der Waals surface area contributed by atoms with Crippen LogP contribution < -0.4 is 9.64 Å². The fraction of sp³-hybridized carbons (Fsp3) is 0.389. The van der Waals surface area contributed by atoms with Crippen LogP contribution in [0.4, 0.5) is 5.82 Å². The van der Waals surface area contributed by atoms with Gasteiger partial charge < -0.3 is 9.64 Å². The van der Waals surface area contributed by atoms with Crippen molar-refractivity contribution < 1.29 is 4.74 Å². The van der Waals surface area contributed by atoms with E-state index in [4.69, 9.17) is 4.74 Å². The maximum absolute atomic E-state index is 9.30. The Balaban J connectivity index is 1.57. The summed E-state index contributed by atoms with van der Waals surface area (Å²) in [5.74, 6) is 2.01. The summed E-state index contributed by atoms with van der Waals surface area (Å²) in [5, 5.41) is 9.30. The highest BCUT2D eigenvalue weighted by Crippen LogP contribution is 2.26. The van der Waals surface area contributed by atoms with Gasteiger partial charge in [-0.15, -0.1) is 0 Å². The molecule has 24 heavy (non-hydrogen) atoms. The maximum atomic E-state index is 9.30. The van der Waals surface area contributed by atoms with Crippen molar-refractivity contribution in [2.45, 2.75) is 19.8 Å². The molecule has 0 unspecified atom stereocenters. The number of pyridine rings is 2. The zero-order valence-corrected chi connectivity index (χ0v) is 15.2. The van der Waals surface area contributed by atoms with E-state index >= 15 is 0 Å². The first-order valence-electron chi connectivity index (χ1n) is 8.02. The number of ether oxygens (including phenoxy) is 1. The van der Waals surface area contributed by atoms with Gasteiger partial charge in [0.05, 0.1) is 12.2 Å². The molecule has 1 fully saturated rings. The first-order chi connectivity index (χ1) is 11.7. The zero-order valence-electron chi connectivity index (χ0n) is 13.6. The van der Waals surface area contributed by atoms with Crippen LogP contribution in [0.15, 0.2) is 35.1 Å². The third kappa shape index (κ3) is 3.85. The van der Waals surface area contributed by atoms with Crippen molar-refractivity contribution in [3.63, 3.8) is 0 Å². The van der Waals surface area contributed by atoms with Crippen molar-refractivity contribution in [3.8, 4) is 11.9 Å². The summed E-state index contributed by atoms with van der Waals surface area (Å²) in [5.41, 5.74) is 1.68. The summed E-state index contributed by atoms with van der Waals surface area (Å²) in [6.07, 6.45) is 5.55. The molecule has 6 heteroatoms. The highest BCUT2D eigenvalue weighted by molar-refractivity contribution is 9.10. The van der Waals surface area contributed by atoms with Crippen LogP contribution in [0.5, 0.6) is 5.88 Å². The quantitative estimate of drug-likeness (QED) is 0.800. The summed E-state index contributed by atoms with van der Waals surface area (Å²) in [6.45, 7) is 4.47. The third-order valence-electron chi connectivity index (χ3n) is 4.28. The Bertz CT molecular complexity index is 751. The number of aromatic nitrogens is 2. The molecule has 0 bridgehead atoms. The van der Waals surface area contributed by atoms with Gasteiger partial charge in [0.2, 0.25) is 5.88 Å². The first kappa shape index (κ1) is 16.7. The molecule has 0 spiro atoms. The average molecular weight is 387 g/mol. The molecule has 3 heterocycles. The van der Waals surface area contributed by atoms with Gasteiger partial charge in [-0.3, -0.25) is 0 Å². The minimum Gasteiger partial charge on any atom is -0.477 e. The van der Waals surface area contributed by atoms with Gasteiger partial charge in [0.1, 0.15) is 11.9 Å². The Kier molecular flexibility index (Phi) is 5.31. The van der Waals surface area contributed by atoms with Crippen LogP contribution in [-0.4, -0.2) is 29.7 Å². The Morgan fingerprint density at radius 1 is 1.38 bits per heavy atom. The van der Waals surface area contributed by atoms with E-state index in [1.54, 1.807) is 12.4 Å². The lowest BCUT2D eigenvalue weighted by Crippen LogP contribution is -2.36. The van der Waals surface area contributed by atoms with Crippen molar-refractivity contribution in [2.24, 2.45) is 5.92 Å². The first-order valence-corrected chi connectivity index (χ1v) is 8.81. The van der Waals surface area contributed by atoms with Crippen LogP contribution in [0.3, 0.4) is 0 Å². The van der Waals surface area contributed by atoms with Gasteiger partial charge in [-0.1, -0.05) is 6.07 Å². The van der Waals surface area contributed by atoms with E-state index in [1.807, 2.05) is 25.1 Å². The number of nitrogens with zero attached hydrogens (tertiary/aromatic N) is 4. The minimum absolute atomic E-state index is 0.503. The lowest BCUT2D eigenvalue weighted by molar-refractivity contribution is 0.214. The Morgan fingerprint density at radius 2 is 2.17 bits per heavy atom. The highest BCUT2D eigenvalue weighted by atomic mass is 79.9. The summed E-state index contributed by atoms with van der Waals surface area (Å²) >= 11 is 3.36. The second kappa shape index (κ2) is 7.63. The van der Waals surface area contributed by atoms with Crippen LogP contribution in [0, 0.1) is 24.2 Å². The Labute approximate surface area is 150 Å². The molecule has 0 aromatic carbocycles. The fourth-order valence-electron chi connectivity index (χ4n) is 2.90. The minimum atomic E-state index is 0.503. The molecule has 0 N–H and O–H groups in total. The molecule has 124 valence electrons. The van der Waals surface area contributed by atoms with Gasteiger partial charge >= 0.3 is 0 Å². The van der Waals surface area contributed by atoms with E-state index in [1.165, 1.54) is 0 Å². The van der Waals surface area contributed by atoms with Crippen molar-refractivity contribution in [2.75, 3.05) is 24.6 Å². The topological polar surface area (TPSA) is 62.0 Å². The fourth-order valence-corrected chi connectivity index (χ4v) is 3.23. The number of nitriles is 1. The van der Waals surface area contributed by atoms with Crippen LogP contribution in [-0.2, 0) is 0 Å². The molecule has 2 aromatic heterocycles. The molecule has 1 aliphatic rings. The van der Waals surface area contributed by atoms with Gasteiger partial charge in [0, 0.05) is 35.5 Å². The number of rotatable bonds is 4. The van der Waals surface area contributed by atoms with Crippen LogP contribution in [0.2, 0.25) is 0 Å². The molecule has 2 aromatic rings. The number of halogens is 1. The number of hydrogen-bond donors (Lipinski definition) is 0. The zero-order chi connectivity index (χ0) is 16.9. The number of piperidine rings is 1. The normalized spacial score (nSPS) is 15.1. The predicted molar refractivity (Wildman–Crippen MR) is 96.1 cm³/mol. The van der Waals surface area contributed by atoms with Gasteiger partial charge in [-0.2, -0.15) is 5.26 Å². The van der Waals surface area contributed by atoms with E-state index in [-0.39, 0.29) is 0 Å². The molecule has 0 atom stereocenters. The monoisotopic (exact) mass is 386 g/mol. The Hall–Kier alpha value is -2.13. The SMILES string of the molecule is Cc1cccnc1OCC1CCN(c2ncc(Br)cc2C#N)CC1. The van der Waals surface area contributed by atoms with E-state index in [2.05, 4.69) is 36.9 Å². The number of hydrogen-bond acceptors (Lipinski definition) is 5. The molecule has 1 saturated heterocycles. The maximum Gasteiger partial charge on any atom is 0.216 e. The van der Waals surface area contributed by atoms with Crippen molar-refractivity contribution in [3.05, 3.63) is 46.2 Å². The molecule has 0 radical (unpaired) electrons. The lowest BCUT2D eigenvalue weighted by Gasteiger charge is -2.33. The number of anilines is 1. The lowest BCUT2D eigenvalue weighted by atomic mass is 9.97. The molecule has 5 nitrogen and oxygen atoms in total.